The number of hydrogen-bond donors (Lipinski definition) is 2. The molecule has 0 spiro atoms. The molecule has 0 unspecified atom stereocenters. The lowest BCUT2D eigenvalue weighted by Crippen LogP contribution is -2.27. The van der Waals surface area contributed by atoms with Crippen molar-refractivity contribution in [3.63, 3.8) is 0 Å². The van der Waals surface area contributed by atoms with Crippen molar-refractivity contribution in [3.8, 4) is 0 Å². The highest BCUT2D eigenvalue weighted by Gasteiger charge is 2.17. The van der Waals surface area contributed by atoms with E-state index in [2.05, 4.69) is 5.32 Å². The molecule has 4 nitrogen and oxygen atoms in total. The Morgan fingerprint density at radius 3 is 2.71 bits per heavy atom. The van der Waals surface area contributed by atoms with Crippen molar-refractivity contribution >= 4 is 23.4 Å². The van der Waals surface area contributed by atoms with Crippen molar-refractivity contribution in [1.29, 1.82) is 0 Å². The van der Waals surface area contributed by atoms with E-state index >= 15 is 0 Å². The summed E-state index contributed by atoms with van der Waals surface area (Å²) in [4.78, 5) is 23.1. The summed E-state index contributed by atoms with van der Waals surface area (Å²) < 4.78 is 0. The number of carbonyl (C=O) groups excluding carboxylic acids is 2. The molecular formula is C12H15ClN2O2. The van der Waals surface area contributed by atoms with E-state index in [1.54, 1.807) is 6.07 Å². The molecule has 1 aromatic rings. The van der Waals surface area contributed by atoms with Gasteiger partial charge in [-0.2, -0.15) is 0 Å². The summed E-state index contributed by atoms with van der Waals surface area (Å²) in [5, 5.41) is 2.91. The molecule has 0 aromatic heterocycles. The third kappa shape index (κ3) is 3.46. The molecule has 0 radical (unpaired) electrons. The van der Waals surface area contributed by atoms with Crippen LogP contribution in [0.25, 0.3) is 0 Å². The molecule has 3 N–H and O–H groups in total. The van der Waals surface area contributed by atoms with Gasteiger partial charge in [0.15, 0.2) is 0 Å². The number of amides is 2. The van der Waals surface area contributed by atoms with Crippen molar-refractivity contribution in [2.45, 2.75) is 19.8 Å². The van der Waals surface area contributed by atoms with Crippen LogP contribution in [0.5, 0.6) is 0 Å². The molecule has 0 heterocycles. The molecule has 0 atom stereocenters. The molecule has 17 heavy (non-hydrogen) atoms. The molecule has 0 aliphatic rings. The van der Waals surface area contributed by atoms with Gasteiger partial charge < -0.3 is 11.1 Å². The second-order valence-electron chi connectivity index (χ2n) is 3.64. The van der Waals surface area contributed by atoms with Gasteiger partial charge in [-0.05, 0) is 18.6 Å². The summed E-state index contributed by atoms with van der Waals surface area (Å²) in [6.07, 6.45) is 1.87. The fourth-order valence-corrected chi connectivity index (χ4v) is 1.71. The number of nitrogens with two attached hydrogens (primary N) is 1. The van der Waals surface area contributed by atoms with E-state index in [0.29, 0.717) is 6.54 Å². The molecule has 5 heteroatoms. The van der Waals surface area contributed by atoms with Crippen LogP contribution in [0.2, 0.25) is 5.02 Å². The van der Waals surface area contributed by atoms with Gasteiger partial charge in [-0.15, -0.1) is 0 Å². The summed E-state index contributed by atoms with van der Waals surface area (Å²) >= 11 is 5.85. The van der Waals surface area contributed by atoms with Gasteiger partial charge in [-0.1, -0.05) is 31.0 Å². The maximum atomic E-state index is 11.8. The zero-order valence-corrected chi connectivity index (χ0v) is 10.4. The Balaban J connectivity index is 2.93. The van der Waals surface area contributed by atoms with Gasteiger partial charge in [0, 0.05) is 6.54 Å². The van der Waals surface area contributed by atoms with Crippen molar-refractivity contribution in [1.82, 2.24) is 5.32 Å². The highest BCUT2D eigenvalue weighted by atomic mass is 35.5. The maximum absolute atomic E-state index is 11.8. The van der Waals surface area contributed by atoms with Gasteiger partial charge >= 0.3 is 0 Å². The lowest BCUT2D eigenvalue weighted by molar-refractivity contribution is 0.0935. The van der Waals surface area contributed by atoms with Gasteiger partial charge in [0.25, 0.3) is 11.8 Å². The monoisotopic (exact) mass is 254 g/mol. The Morgan fingerprint density at radius 1 is 1.41 bits per heavy atom. The van der Waals surface area contributed by atoms with Crippen LogP contribution in [0.15, 0.2) is 18.2 Å². The smallest absolute Gasteiger partial charge is 0.252 e. The first-order valence-corrected chi connectivity index (χ1v) is 5.82. The van der Waals surface area contributed by atoms with Crippen molar-refractivity contribution in [2.75, 3.05) is 6.54 Å². The van der Waals surface area contributed by atoms with E-state index < -0.39 is 5.91 Å². The van der Waals surface area contributed by atoms with E-state index in [4.69, 9.17) is 17.3 Å². The highest BCUT2D eigenvalue weighted by molar-refractivity contribution is 6.34. The second kappa shape index (κ2) is 6.25. The number of carbonyl (C=O) groups is 2. The summed E-state index contributed by atoms with van der Waals surface area (Å²) in [5.41, 5.74) is 5.50. The van der Waals surface area contributed by atoms with Gasteiger partial charge in [0.1, 0.15) is 0 Å². The number of nitrogens with one attached hydrogen (secondary N) is 1. The van der Waals surface area contributed by atoms with Gasteiger partial charge in [0.2, 0.25) is 0 Å². The van der Waals surface area contributed by atoms with E-state index in [-0.39, 0.29) is 22.1 Å². The third-order valence-corrected chi connectivity index (χ3v) is 2.64. The molecule has 1 aromatic carbocycles. The first kappa shape index (κ1) is 13.5. The topological polar surface area (TPSA) is 72.2 Å². The fraction of sp³-hybridized carbons (Fsp3) is 0.333. The summed E-state index contributed by atoms with van der Waals surface area (Å²) in [7, 11) is 0. The minimum Gasteiger partial charge on any atom is -0.366 e. The largest absolute Gasteiger partial charge is 0.366 e. The van der Waals surface area contributed by atoms with Gasteiger partial charge in [0.05, 0.1) is 16.1 Å². The number of unbranched alkanes of at least 4 members (excludes halogenated alkanes) is 1. The molecule has 0 fully saturated rings. The Labute approximate surface area is 105 Å². The zero-order chi connectivity index (χ0) is 12.8. The molecule has 0 saturated heterocycles. The minimum absolute atomic E-state index is 0.0724. The van der Waals surface area contributed by atoms with Crippen LogP contribution in [-0.2, 0) is 0 Å². The number of halogens is 1. The van der Waals surface area contributed by atoms with Gasteiger partial charge in [-0.25, -0.2) is 0 Å². The van der Waals surface area contributed by atoms with E-state index in [9.17, 15) is 9.59 Å². The Morgan fingerprint density at radius 2 is 2.12 bits per heavy atom. The number of benzene rings is 1. The van der Waals surface area contributed by atoms with E-state index in [1.807, 2.05) is 6.92 Å². The average molecular weight is 255 g/mol. The number of primary amides is 1. The molecule has 0 aliphatic heterocycles. The van der Waals surface area contributed by atoms with Gasteiger partial charge in [-0.3, -0.25) is 9.59 Å². The molecule has 0 aliphatic carbocycles. The first-order valence-electron chi connectivity index (χ1n) is 5.44. The molecule has 1 rings (SSSR count). The lowest BCUT2D eigenvalue weighted by Gasteiger charge is -2.08. The molecular weight excluding hydrogens is 240 g/mol. The number of hydrogen-bond acceptors (Lipinski definition) is 2. The zero-order valence-electron chi connectivity index (χ0n) is 9.63. The van der Waals surface area contributed by atoms with E-state index in [0.717, 1.165) is 12.8 Å². The molecule has 0 saturated carbocycles. The van der Waals surface area contributed by atoms with Crippen molar-refractivity contribution in [3.05, 3.63) is 34.3 Å². The normalized spacial score (nSPS) is 10.0. The summed E-state index contributed by atoms with van der Waals surface area (Å²) in [5.74, 6) is -1.02. The second-order valence-corrected chi connectivity index (χ2v) is 4.04. The highest BCUT2D eigenvalue weighted by Crippen LogP contribution is 2.19. The van der Waals surface area contributed by atoms with Crippen molar-refractivity contribution in [2.24, 2.45) is 5.73 Å². The Kier molecular flexibility index (Phi) is 4.97. The third-order valence-electron chi connectivity index (χ3n) is 2.32. The SMILES string of the molecule is CCCCNC(=O)c1cccc(Cl)c1C(N)=O. The Hall–Kier alpha value is -1.55. The van der Waals surface area contributed by atoms with Crippen LogP contribution in [-0.4, -0.2) is 18.4 Å². The predicted molar refractivity (Wildman–Crippen MR) is 67.2 cm³/mol. The molecule has 2 amide bonds. The fourth-order valence-electron chi connectivity index (χ4n) is 1.44. The standard InChI is InChI=1S/C12H15ClN2O2/c1-2-3-7-15-12(17)8-5-4-6-9(13)10(8)11(14)16/h4-6H,2-3,7H2,1H3,(H2,14,16)(H,15,17). The van der Waals surface area contributed by atoms with Crippen LogP contribution >= 0.6 is 11.6 Å². The average Bonchev–Trinajstić information content (AvgIpc) is 2.28. The Bertz CT molecular complexity index is 433. The summed E-state index contributed by atoms with van der Waals surface area (Å²) in [6, 6.07) is 4.68. The number of rotatable bonds is 5. The van der Waals surface area contributed by atoms with Crippen LogP contribution in [0.1, 0.15) is 40.5 Å². The lowest BCUT2D eigenvalue weighted by atomic mass is 10.1. The first-order chi connectivity index (χ1) is 8.07. The molecule has 92 valence electrons. The van der Waals surface area contributed by atoms with Crippen molar-refractivity contribution < 1.29 is 9.59 Å². The van der Waals surface area contributed by atoms with Crippen LogP contribution in [0, 0.1) is 0 Å². The molecule has 0 bridgehead atoms. The quantitative estimate of drug-likeness (QED) is 0.789. The van der Waals surface area contributed by atoms with Crippen LogP contribution in [0.3, 0.4) is 0 Å². The van der Waals surface area contributed by atoms with E-state index in [1.165, 1.54) is 12.1 Å². The van der Waals surface area contributed by atoms with Crippen LogP contribution in [0.4, 0.5) is 0 Å². The van der Waals surface area contributed by atoms with Crippen LogP contribution < -0.4 is 11.1 Å². The minimum atomic E-state index is -0.698. The maximum Gasteiger partial charge on any atom is 0.252 e. The summed E-state index contributed by atoms with van der Waals surface area (Å²) in [6.45, 7) is 2.60. The predicted octanol–water partition coefficient (Wildman–Crippen LogP) is 1.97.